The van der Waals surface area contributed by atoms with Gasteiger partial charge in [-0.25, -0.2) is 14.5 Å². The van der Waals surface area contributed by atoms with Gasteiger partial charge in [-0.1, -0.05) is 59.0 Å². The summed E-state index contributed by atoms with van der Waals surface area (Å²) < 4.78 is 1.90. The largest absolute Gasteiger partial charge is 0.494 e. The third-order valence-corrected chi connectivity index (χ3v) is 6.25. The quantitative estimate of drug-likeness (QED) is 0.259. The van der Waals surface area contributed by atoms with Gasteiger partial charge in [0.25, 0.3) is 5.56 Å². The number of aliphatic imine (C=N–C) groups is 1. The number of fused-ring (bicyclic) bond motifs is 1. The van der Waals surface area contributed by atoms with Gasteiger partial charge in [-0.05, 0) is 18.2 Å². The standard InChI is InChI=1S/C20H14ClN5O2S2/c1-2-9-29-20-25-24-19(30-20)23-11-15-13-5-3-4-6-14(13)17(27)26(18(15)28)16-8-7-12(21)10-22-16/h2-8,10-11,28H,1,9H2/b23-11+. The summed E-state index contributed by atoms with van der Waals surface area (Å²) in [5.74, 6) is 0.701. The molecule has 0 aliphatic rings. The summed E-state index contributed by atoms with van der Waals surface area (Å²) in [6.07, 6.45) is 4.68. The molecule has 0 unspecified atom stereocenters. The first-order valence-corrected chi connectivity index (χ1v) is 10.9. The first-order valence-electron chi connectivity index (χ1n) is 8.68. The molecule has 0 spiro atoms. The molecular formula is C20H14ClN5O2S2. The Labute approximate surface area is 184 Å². The number of aromatic nitrogens is 4. The van der Waals surface area contributed by atoms with Crippen LogP contribution in [-0.4, -0.2) is 36.8 Å². The van der Waals surface area contributed by atoms with E-state index in [1.54, 1.807) is 42.5 Å². The highest BCUT2D eigenvalue weighted by Gasteiger charge is 2.17. The highest BCUT2D eigenvalue weighted by atomic mass is 35.5. The summed E-state index contributed by atoms with van der Waals surface area (Å²) in [5, 5.41) is 20.9. The van der Waals surface area contributed by atoms with Crippen LogP contribution in [0.1, 0.15) is 5.56 Å². The van der Waals surface area contributed by atoms with Crippen LogP contribution in [0.2, 0.25) is 5.02 Å². The van der Waals surface area contributed by atoms with Crippen LogP contribution in [-0.2, 0) is 0 Å². The van der Waals surface area contributed by atoms with Crippen LogP contribution >= 0.6 is 34.7 Å². The third kappa shape index (κ3) is 4.00. The lowest BCUT2D eigenvalue weighted by Crippen LogP contribution is -2.21. The average Bonchev–Trinajstić information content (AvgIpc) is 3.21. The van der Waals surface area contributed by atoms with Crippen molar-refractivity contribution in [2.75, 3.05) is 5.75 Å². The van der Waals surface area contributed by atoms with Crippen molar-refractivity contribution in [3.05, 3.63) is 76.2 Å². The van der Waals surface area contributed by atoms with Gasteiger partial charge in [0.1, 0.15) is 5.82 Å². The predicted octanol–water partition coefficient (Wildman–Crippen LogP) is 4.62. The van der Waals surface area contributed by atoms with Crippen molar-refractivity contribution in [2.45, 2.75) is 4.34 Å². The minimum absolute atomic E-state index is 0.251. The van der Waals surface area contributed by atoms with E-state index in [1.165, 1.54) is 35.5 Å². The first kappa shape index (κ1) is 20.3. The van der Waals surface area contributed by atoms with Crippen LogP contribution in [0, 0.1) is 0 Å². The van der Waals surface area contributed by atoms with E-state index >= 15 is 0 Å². The van der Waals surface area contributed by atoms with E-state index in [9.17, 15) is 9.90 Å². The van der Waals surface area contributed by atoms with Crippen molar-refractivity contribution in [3.8, 4) is 11.7 Å². The number of benzene rings is 1. The molecule has 0 bridgehead atoms. The molecule has 0 saturated heterocycles. The summed E-state index contributed by atoms with van der Waals surface area (Å²) in [6, 6.07) is 10.2. The van der Waals surface area contributed by atoms with Gasteiger partial charge in [-0.15, -0.1) is 16.8 Å². The highest BCUT2D eigenvalue weighted by Crippen LogP contribution is 2.29. The van der Waals surface area contributed by atoms with E-state index in [2.05, 4.69) is 26.8 Å². The van der Waals surface area contributed by atoms with Crippen molar-refractivity contribution in [1.29, 1.82) is 0 Å². The second-order valence-electron chi connectivity index (χ2n) is 5.97. The van der Waals surface area contributed by atoms with Crippen LogP contribution in [0.15, 0.2) is 69.4 Å². The number of aromatic hydroxyl groups is 1. The number of nitrogens with zero attached hydrogens (tertiary/aromatic N) is 5. The van der Waals surface area contributed by atoms with E-state index in [0.717, 1.165) is 14.7 Å². The minimum Gasteiger partial charge on any atom is -0.494 e. The van der Waals surface area contributed by atoms with Crippen molar-refractivity contribution >= 4 is 56.8 Å². The van der Waals surface area contributed by atoms with E-state index in [4.69, 9.17) is 11.6 Å². The van der Waals surface area contributed by atoms with Crippen molar-refractivity contribution < 1.29 is 5.11 Å². The molecule has 0 aliphatic carbocycles. The normalized spacial score (nSPS) is 11.4. The van der Waals surface area contributed by atoms with E-state index in [0.29, 0.717) is 26.5 Å². The molecule has 30 heavy (non-hydrogen) atoms. The molecule has 0 amide bonds. The Kier molecular flexibility index (Phi) is 5.93. The molecule has 1 N–H and O–H groups in total. The van der Waals surface area contributed by atoms with Gasteiger partial charge in [-0.3, -0.25) is 4.79 Å². The second-order valence-corrected chi connectivity index (χ2v) is 8.63. The molecule has 0 aliphatic heterocycles. The number of halogens is 1. The Balaban J connectivity index is 1.84. The molecule has 4 aromatic rings. The Hall–Kier alpha value is -3.01. The molecule has 1 aromatic carbocycles. The fourth-order valence-corrected chi connectivity index (χ4v) is 4.32. The van der Waals surface area contributed by atoms with Crippen molar-refractivity contribution in [1.82, 2.24) is 19.7 Å². The maximum absolute atomic E-state index is 13.0. The van der Waals surface area contributed by atoms with Crippen molar-refractivity contribution in [3.63, 3.8) is 0 Å². The molecule has 0 atom stereocenters. The molecule has 3 heterocycles. The zero-order valence-electron chi connectivity index (χ0n) is 15.4. The second kappa shape index (κ2) is 8.78. The van der Waals surface area contributed by atoms with Gasteiger partial charge in [0, 0.05) is 28.9 Å². The highest BCUT2D eigenvalue weighted by molar-refractivity contribution is 8.01. The predicted molar refractivity (Wildman–Crippen MR) is 122 cm³/mol. The van der Waals surface area contributed by atoms with E-state index in [1.807, 2.05) is 0 Å². The van der Waals surface area contributed by atoms with Crippen molar-refractivity contribution in [2.24, 2.45) is 4.99 Å². The van der Waals surface area contributed by atoms with Crippen LogP contribution in [0.3, 0.4) is 0 Å². The fourth-order valence-electron chi connectivity index (χ4n) is 2.77. The summed E-state index contributed by atoms with van der Waals surface area (Å²) in [6.45, 7) is 3.68. The molecule has 150 valence electrons. The number of thioether (sulfide) groups is 1. The SMILES string of the molecule is C=CCSc1nnc(/N=C/c2c(O)n(-c3ccc(Cl)cn3)c(=O)c3ccccc23)s1. The molecule has 0 saturated carbocycles. The monoisotopic (exact) mass is 455 g/mol. The van der Waals surface area contributed by atoms with E-state index < -0.39 is 5.56 Å². The summed E-state index contributed by atoms with van der Waals surface area (Å²) in [7, 11) is 0. The van der Waals surface area contributed by atoms with Crippen LogP contribution < -0.4 is 5.56 Å². The average molecular weight is 456 g/mol. The Bertz CT molecular complexity index is 1320. The lowest BCUT2D eigenvalue weighted by atomic mass is 10.1. The van der Waals surface area contributed by atoms with Gasteiger partial charge < -0.3 is 5.11 Å². The summed E-state index contributed by atoms with van der Waals surface area (Å²) in [4.78, 5) is 21.5. The Morgan fingerprint density at radius 2 is 2.03 bits per heavy atom. The third-order valence-electron chi connectivity index (χ3n) is 4.07. The molecule has 4 rings (SSSR count). The van der Waals surface area contributed by atoms with Gasteiger partial charge >= 0.3 is 0 Å². The lowest BCUT2D eigenvalue weighted by molar-refractivity contribution is 0.435. The molecule has 3 aromatic heterocycles. The smallest absolute Gasteiger partial charge is 0.267 e. The maximum Gasteiger partial charge on any atom is 0.267 e. The number of hydrogen-bond donors (Lipinski definition) is 1. The first-order chi connectivity index (χ1) is 14.6. The summed E-state index contributed by atoms with van der Waals surface area (Å²) in [5.41, 5.74) is -0.0217. The zero-order chi connectivity index (χ0) is 21.1. The van der Waals surface area contributed by atoms with Gasteiger partial charge in [0.15, 0.2) is 4.34 Å². The number of rotatable bonds is 6. The molecule has 10 heteroatoms. The fraction of sp³-hybridized carbons (Fsp3) is 0.0500. The molecule has 0 radical (unpaired) electrons. The maximum atomic E-state index is 13.0. The Morgan fingerprint density at radius 1 is 1.23 bits per heavy atom. The van der Waals surface area contributed by atoms with E-state index in [-0.39, 0.29) is 11.7 Å². The molecular weight excluding hydrogens is 442 g/mol. The topological polar surface area (TPSA) is 93.3 Å². The zero-order valence-corrected chi connectivity index (χ0v) is 17.8. The van der Waals surface area contributed by atoms with Crippen LogP contribution in [0.4, 0.5) is 5.13 Å². The van der Waals surface area contributed by atoms with Crippen LogP contribution in [0.25, 0.3) is 16.6 Å². The molecule has 0 fully saturated rings. The van der Waals surface area contributed by atoms with Gasteiger partial charge in [-0.2, -0.15) is 0 Å². The minimum atomic E-state index is -0.394. The molecule has 7 nitrogen and oxygen atoms in total. The number of pyridine rings is 2. The van der Waals surface area contributed by atoms with Crippen LogP contribution in [0.5, 0.6) is 5.88 Å². The lowest BCUT2D eigenvalue weighted by Gasteiger charge is -2.12. The van der Waals surface area contributed by atoms with Gasteiger partial charge in [0.05, 0.1) is 10.6 Å². The Morgan fingerprint density at radius 3 is 2.77 bits per heavy atom. The van der Waals surface area contributed by atoms with Gasteiger partial charge in [0.2, 0.25) is 11.0 Å². The number of hydrogen-bond acceptors (Lipinski definition) is 8. The summed E-state index contributed by atoms with van der Waals surface area (Å²) >= 11 is 8.74.